The molecule has 1 heterocycles. The zero-order valence-electron chi connectivity index (χ0n) is 13.8. The van der Waals surface area contributed by atoms with E-state index in [0.29, 0.717) is 22.1 Å². The van der Waals surface area contributed by atoms with E-state index in [-0.39, 0.29) is 11.3 Å². The predicted molar refractivity (Wildman–Crippen MR) is 98.3 cm³/mol. The second kappa shape index (κ2) is 7.29. The summed E-state index contributed by atoms with van der Waals surface area (Å²) in [4.78, 5) is 12.5. The monoisotopic (exact) mass is 413 g/mol. The molecular weight excluding hydrogens is 402 g/mol. The van der Waals surface area contributed by atoms with Gasteiger partial charge in [-0.1, -0.05) is 23.2 Å². The largest absolute Gasteiger partial charge is 0.461 e. The van der Waals surface area contributed by atoms with Crippen LogP contribution in [0.15, 0.2) is 52.9 Å². The van der Waals surface area contributed by atoms with Crippen molar-refractivity contribution in [2.75, 3.05) is 5.32 Å². The molecule has 2 aromatic carbocycles. The number of aryl methyl sites for hydroxylation is 1. The van der Waals surface area contributed by atoms with Crippen LogP contribution in [0.25, 0.3) is 11.3 Å². The van der Waals surface area contributed by atoms with Crippen molar-refractivity contribution >= 4 is 34.8 Å². The fourth-order valence-corrected chi connectivity index (χ4v) is 2.83. The first-order valence-corrected chi connectivity index (χ1v) is 8.45. The molecule has 3 rings (SSSR count). The molecule has 1 aromatic heterocycles. The van der Waals surface area contributed by atoms with Crippen molar-refractivity contribution in [3.8, 4) is 11.3 Å². The third-order valence-corrected chi connectivity index (χ3v) is 4.40. The molecule has 3 aromatic rings. The molecule has 140 valence electrons. The van der Waals surface area contributed by atoms with Crippen LogP contribution in [0.1, 0.15) is 21.7 Å². The molecule has 27 heavy (non-hydrogen) atoms. The van der Waals surface area contributed by atoms with Crippen LogP contribution < -0.4 is 5.32 Å². The number of rotatable bonds is 3. The van der Waals surface area contributed by atoms with Gasteiger partial charge in [0.25, 0.3) is 5.91 Å². The molecule has 0 aliphatic carbocycles. The molecule has 1 amide bonds. The highest BCUT2D eigenvalue weighted by Gasteiger charge is 2.33. The summed E-state index contributed by atoms with van der Waals surface area (Å²) in [6.45, 7) is 1.59. The summed E-state index contributed by atoms with van der Waals surface area (Å²) in [7, 11) is 0. The van der Waals surface area contributed by atoms with Gasteiger partial charge in [0.05, 0.1) is 16.1 Å². The number of alkyl halides is 3. The van der Waals surface area contributed by atoms with Crippen LogP contribution in [0, 0.1) is 6.92 Å². The average Bonchev–Trinajstić information content (AvgIpc) is 2.98. The number of furan rings is 1. The lowest BCUT2D eigenvalue weighted by atomic mass is 10.1. The fraction of sp³-hybridized carbons (Fsp3) is 0.105. The van der Waals surface area contributed by atoms with Gasteiger partial charge in [-0.25, -0.2) is 0 Å². The Labute approximate surface area is 162 Å². The molecule has 0 aliphatic heterocycles. The van der Waals surface area contributed by atoms with Crippen molar-refractivity contribution in [3.63, 3.8) is 0 Å². The molecule has 1 N–H and O–H groups in total. The van der Waals surface area contributed by atoms with E-state index in [9.17, 15) is 18.0 Å². The maximum atomic E-state index is 13.0. The Morgan fingerprint density at radius 1 is 1.04 bits per heavy atom. The van der Waals surface area contributed by atoms with E-state index in [4.69, 9.17) is 27.6 Å². The van der Waals surface area contributed by atoms with Crippen molar-refractivity contribution in [2.24, 2.45) is 0 Å². The Bertz CT molecular complexity index is 995. The standard InChI is InChI=1S/C19H12Cl2F3NO2/c1-10-14(9-17(27-10)11-2-4-12(20)5-3-11)18(26)25-13-6-7-16(21)15(8-13)19(22,23)24/h2-9H,1H3,(H,25,26). The first-order valence-electron chi connectivity index (χ1n) is 7.69. The number of halogens is 5. The van der Waals surface area contributed by atoms with Crippen LogP contribution in [0.5, 0.6) is 0 Å². The maximum Gasteiger partial charge on any atom is 0.417 e. The third kappa shape index (κ3) is 4.28. The highest BCUT2D eigenvalue weighted by atomic mass is 35.5. The number of nitrogens with one attached hydrogen (secondary N) is 1. The van der Waals surface area contributed by atoms with E-state index in [1.54, 1.807) is 31.2 Å². The lowest BCUT2D eigenvalue weighted by Crippen LogP contribution is -2.13. The van der Waals surface area contributed by atoms with Gasteiger partial charge in [0, 0.05) is 16.3 Å². The first-order chi connectivity index (χ1) is 12.6. The summed E-state index contributed by atoms with van der Waals surface area (Å²) in [5.74, 6) is 0.191. The van der Waals surface area contributed by atoms with Crippen LogP contribution in [-0.4, -0.2) is 5.91 Å². The lowest BCUT2D eigenvalue weighted by Gasteiger charge is -2.11. The number of carbonyl (C=O) groups is 1. The molecular formula is C19H12Cl2F3NO2. The van der Waals surface area contributed by atoms with Crippen molar-refractivity contribution < 1.29 is 22.4 Å². The lowest BCUT2D eigenvalue weighted by molar-refractivity contribution is -0.137. The molecule has 0 saturated carbocycles. The van der Waals surface area contributed by atoms with Gasteiger partial charge in [0.1, 0.15) is 11.5 Å². The van der Waals surface area contributed by atoms with E-state index in [1.807, 2.05) is 0 Å². The molecule has 8 heteroatoms. The van der Waals surface area contributed by atoms with Gasteiger partial charge < -0.3 is 9.73 Å². The first kappa shape index (κ1) is 19.3. The highest BCUT2D eigenvalue weighted by Crippen LogP contribution is 2.36. The van der Waals surface area contributed by atoms with Crippen molar-refractivity contribution in [1.29, 1.82) is 0 Å². The molecule has 0 bridgehead atoms. The van der Waals surface area contributed by atoms with Gasteiger partial charge in [-0.05, 0) is 55.5 Å². The smallest absolute Gasteiger partial charge is 0.417 e. The second-order valence-corrected chi connectivity index (χ2v) is 6.58. The number of hydrogen-bond donors (Lipinski definition) is 1. The van der Waals surface area contributed by atoms with Crippen LogP contribution in [-0.2, 0) is 6.18 Å². The Morgan fingerprint density at radius 3 is 2.33 bits per heavy atom. The molecule has 0 radical (unpaired) electrons. The molecule has 0 unspecified atom stereocenters. The number of amides is 1. The van der Waals surface area contributed by atoms with E-state index < -0.39 is 22.7 Å². The van der Waals surface area contributed by atoms with Gasteiger partial charge in [0.15, 0.2) is 0 Å². The summed E-state index contributed by atoms with van der Waals surface area (Å²) in [5, 5.41) is 2.55. The summed E-state index contributed by atoms with van der Waals surface area (Å²) in [5.41, 5.74) is -0.117. The fourth-order valence-electron chi connectivity index (χ4n) is 2.48. The highest BCUT2D eigenvalue weighted by molar-refractivity contribution is 6.31. The molecule has 0 saturated heterocycles. The summed E-state index contributed by atoms with van der Waals surface area (Å²) >= 11 is 11.4. The quantitative estimate of drug-likeness (QED) is 0.510. The van der Waals surface area contributed by atoms with Gasteiger partial charge in [-0.2, -0.15) is 13.2 Å². The van der Waals surface area contributed by atoms with Gasteiger partial charge >= 0.3 is 6.18 Å². The van der Waals surface area contributed by atoms with Crippen LogP contribution in [0.4, 0.5) is 18.9 Å². The number of benzene rings is 2. The Hall–Kier alpha value is -2.44. The number of hydrogen-bond acceptors (Lipinski definition) is 2. The van der Waals surface area contributed by atoms with Gasteiger partial charge in [0.2, 0.25) is 0 Å². The molecule has 0 spiro atoms. The average molecular weight is 414 g/mol. The van der Waals surface area contributed by atoms with Crippen LogP contribution in [0.3, 0.4) is 0 Å². The molecule has 0 fully saturated rings. The van der Waals surface area contributed by atoms with Crippen LogP contribution >= 0.6 is 23.2 Å². The Morgan fingerprint density at radius 2 is 1.70 bits per heavy atom. The minimum absolute atomic E-state index is 0.0228. The normalized spacial score (nSPS) is 11.5. The maximum absolute atomic E-state index is 13.0. The Balaban J connectivity index is 1.86. The SMILES string of the molecule is Cc1oc(-c2ccc(Cl)cc2)cc1C(=O)Nc1ccc(Cl)c(C(F)(F)F)c1. The second-order valence-electron chi connectivity index (χ2n) is 5.73. The summed E-state index contributed by atoms with van der Waals surface area (Å²) in [6.07, 6.45) is -4.62. The topological polar surface area (TPSA) is 42.2 Å². The third-order valence-electron chi connectivity index (χ3n) is 3.82. The molecule has 0 atom stereocenters. The minimum atomic E-state index is -4.62. The van der Waals surface area contributed by atoms with Gasteiger partial charge in [-0.3, -0.25) is 4.79 Å². The zero-order valence-corrected chi connectivity index (χ0v) is 15.3. The zero-order chi connectivity index (χ0) is 19.8. The van der Waals surface area contributed by atoms with Gasteiger partial charge in [-0.15, -0.1) is 0 Å². The van der Waals surface area contributed by atoms with Crippen molar-refractivity contribution in [3.05, 3.63) is 75.5 Å². The minimum Gasteiger partial charge on any atom is -0.461 e. The summed E-state index contributed by atoms with van der Waals surface area (Å²) < 4.78 is 44.4. The van der Waals surface area contributed by atoms with E-state index >= 15 is 0 Å². The summed E-state index contributed by atoms with van der Waals surface area (Å²) in [6, 6.07) is 11.5. The number of anilines is 1. The van der Waals surface area contributed by atoms with Crippen molar-refractivity contribution in [2.45, 2.75) is 13.1 Å². The van der Waals surface area contributed by atoms with E-state index in [1.165, 1.54) is 12.1 Å². The van der Waals surface area contributed by atoms with Crippen LogP contribution in [0.2, 0.25) is 10.0 Å². The Kier molecular flexibility index (Phi) is 5.22. The number of carbonyl (C=O) groups excluding carboxylic acids is 1. The predicted octanol–water partition coefficient (Wildman–Crippen LogP) is 6.83. The van der Waals surface area contributed by atoms with E-state index in [2.05, 4.69) is 5.32 Å². The molecule has 3 nitrogen and oxygen atoms in total. The van der Waals surface area contributed by atoms with E-state index in [0.717, 1.165) is 12.1 Å². The van der Waals surface area contributed by atoms with Crippen molar-refractivity contribution in [1.82, 2.24) is 0 Å². The molecule has 0 aliphatic rings.